The van der Waals surface area contributed by atoms with E-state index in [0.717, 1.165) is 26.2 Å². The van der Waals surface area contributed by atoms with Crippen molar-refractivity contribution in [3.05, 3.63) is 46.9 Å². The molecule has 0 unspecified atom stereocenters. The lowest BCUT2D eigenvalue weighted by Gasteiger charge is -2.34. The first-order valence-corrected chi connectivity index (χ1v) is 7.25. The van der Waals surface area contributed by atoms with E-state index in [-0.39, 0.29) is 17.2 Å². The SMILES string of the molecule is O=C(c1ccc(=O)[nH]n1)N1CCN(CCn2ccnc2)CC1. The highest BCUT2D eigenvalue weighted by Gasteiger charge is 2.22. The second-order valence-electron chi connectivity index (χ2n) is 5.24. The lowest BCUT2D eigenvalue weighted by Crippen LogP contribution is -2.49. The van der Waals surface area contributed by atoms with Crippen LogP contribution in [0, 0.1) is 0 Å². The first-order chi connectivity index (χ1) is 10.7. The molecule has 1 saturated heterocycles. The molecule has 0 saturated carbocycles. The minimum atomic E-state index is -0.305. The summed E-state index contributed by atoms with van der Waals surface area (Å²) in [6.07, 6.45) is 5.52. The molecule has 22 heavy (non-hydrogen) atoms. The lowest BCUT2D eigenvalue weighted by atomic mass is 10.2. The van der Waals surface area contributed by atoms with Crippen molar-refractivity contribution in [3.8, 4) is 0 Å². The number of rotatable bonds is 4. The van der Waals surface area contributed by atoms with Gasteiger partial charge < -0.3 is 9.47 Å². The largest absolute Gasteiger partial charge is 0.336 e. The normalized spacial score (nSPS) is 15.9. The van der Waals surface area contributed by atoms with E-state index in [2.05, 4.69) is 20.1 Å². The van der Waals surface area contributed by atoms with Crippen LogP contribution in [0.15, 0.2) is 35.6 Å². The van der Waals surface area contributed by atoms with E-state index in [1.807, 2.05) is 17.1 Å². The summed E-state index contributed by atoms with van der Waals surface area (Å²) in [5.74, 6) is -0.134. The van der Waals surface area contributed by atoms with Gasteiger partial charge in [0, 0.05) is 57.7 Å². The zero-order valence-corrected chi connectivity index (χ0v) is 12.2. The number of carbonyl (C=O) groups excluding carboxylic acids is 1. The average molecular weight is 302 g/mol. The zero-order valence-electron chi connectivity index (χ0n) is 12.2. The molecule has 0 bridgehead atoms. The van der Waals surface area contributed by atoms with Crippen LogP contribution in [0.4, 0.5) is 0 Å². The molecule has 116 valence electrons. The van der Waals surface area contributed by atoms with Gasteiger partial charge in [0.1, 0.15) is 5.69 Å². The Morgan fingerprint density at radius 3 is 2.64 bits per heavy atom. The fourth-order valence-electron chi connectivity index (χ4n) is 2.48. The van der Waals surface area contributed by atoms with E-state index in [1.54, 1.807) is 11.1 Å². The number of hydrogen-bond donors (Lipinski definition) is 1. The summed E-state index contributed by atoms with van der Waals surface area (Å²) in [6, 6.07) is 2.79. The summed E-state index contributed by atoms with van der Waals surface area (Å²) in [4.78, 5) is 31.4. The molecule has 8 heteroatoms. The van der Waals surface area contributed by atoms with Crippen molar-refractivity contribution >= 4 is 5.91 Å². The highest BCUT2D eigenvalue weighted by molar-refractivity contribution is 5.92. The van der Waals surface area contributed by atoms with E-state index in [1.165, 1.54) is 12.1 Å². The predicted octanol–water partition coefficient (Wildman–Crippen LogP) is -0.576. The molecule has 2 aromatic heterocycles. The van der Waals surface area contributed by atoms with Crippen LogP contribution in [0.5, 0.6) is 0 Å². The van der Waals surface area contributed by atoms with Crippen LogP contribution in [-0.2, 0) is 6.54 Å². The van der Waals surface area contributed by atoms with Crippen LogP contribution >= 0.6 is 0 Å². The van der Waals surface area contributed by atoms with E-state index >= 15 is 0 Å². The van der Waals surface area contributed by atoms with E-state index in [9.17, 15) is 9.59 Å². The molecule has 0 aliphatic carbocycles. The van der Waals surface area contributed by atoms with Crippen molar-refractivity contribution in [1.29, 1.82) is 0 Å². The first-order valence-electron chi connectivity index (χ1n) is 7.25. The van der Waals surface area contributed by atoms with Gasteiger partial charge >= 0.3 is 0 Å². The highest BCUT2D eigenvalue weighted by atomic mass is 16.2. The van der Waals surface area contributed by atoms with Crippen molar-refractivity contribution in [1.82, 2.24) is 29.5 Å². The Balaban J connectivity index is 1.49. The number of nitrogens with one attached hydrogen (secondary N) is 1. The fourth-order valence-corrected chi connectivity index (χ4v) is 2.48. The van der Waals surface area contributed by atoms with Gasteiger partial charge in [-0.2, -0.15) is 5.10 Å². The molecule has 1 N–H and O–H groups in total. The van der Waals surface area contributed by atoms with Gasteiger partial charge in [-0.1, -0.05) is 0 Å². The third-order valence-electron chi connectivity index (χ3n) is 3.79. The third-order valence-corrected chi connectivity index (χ3v) is 3.79. The van der Waals surface area contributed by atoms with Gasteiger partial charge in [0.2, 0.25) is 0 Å². The zero-order chi connectivity index (χ0) is 15.4. The van der Waals surface area contributed by atoms with E-state index in [4.69, 9.17) is 0 Å². The minimum Gasteiger partial charge on any atom is -0.336 e. The van der Waals surface area contributed by atoms with Crippen molar-refractivity contribution in [2.45, 2.75) is 6.54 Å². The summed E-state index contributed by atoms with van der Waals surface area (Å²) < 4.78 is 2.04. The molecule has 1 aliphatic rings. The molecular formula is C14H18N6O2. The summed E-state index contributed by atoms with van der Waals surface area (Å²) in [7, 11) is 0. The Morgan fingerprint density at radius 2 is 2.00 bits per heavy atom. The topological polar surface area (TPSA) is 87.1 Å². The van der Waals surface area contributed by atoms with E-state index < -0.39 is 0 Å². The highest BCUT2D eigenvalue weighted by Crippen LogP contribution is 2.06. The Bertz CT molecular complexity index is 652. The molecule has 8 nitrogen and oxygen atoms in total. The van der Waals surface area contributed by atoms with Gasteiger partial charge in [-0.05, 0) is 6.07 Å². The van der Waals surface area contributed by atoms with Crippen LogP contribution in [0.25, 0.3) is 0 Å². The van der Waals surface area contributed by atoms with E-state index in [0.29, 0.717) is 13.1 Å². The number of piperazine rings is 1. The van der Waals surface area contributed by atoms with Crippen molar-refractivity contribution in [2.24, 2.45) is 0 Å². The maximum absolute atomic E-state index is 12.3. The Kier molecular flexibility index (Phi) is 4.29. The molecule has 1 amide bonds. The average Bonchev–Trinajstić information content (AvgIpc) is 3.07. The summed E-state index contributed by atoms with van der Waals surface area (Å²) >= 11 is 0. The van der Waals surface area contributed by atoms with Crippen LogP contribution in [0.2, 0.25) is 0 Å². The third kappa shape index (κ3) is 3.40. The van der Waals surface area contributed by atoms with Crippen LogP contribution in [0.3, 0.4) is 0 Å². The Labute approximate surface area is 127 Å². The van der Waals surface area contributed by atoms with Gasteiger partial charge in [-0.25, -0.2) is 10.1 Å². The maximum Gasteiger partial charge on any atom is 0.274 e. The summed E-state index contributed by atoms with van der Waals surface area (Å²) in [5.41, 5.74) is -0.0210. The van der Waals surface area contributed by atoms with Crippen molar-refractivity contribution < 1.29 is 4.79 Å². The monoisotopic (exact) mass is 302 g/mol. The lowest BCUT2D eigenvalue weighted by molar-refractivity contribution is 0.0626. The van der Waals surface area contributed by atoms with Gasteiger partial charge in [0.15, 0.2) is 0 Å². The number of aromatic nitrogens is 4. The molecule has 0 atom stereocenters. The second kappa shape index (κ2) is 6.52. The molecule has 3 heterocycles. The number of imidazole rings is 1. The number of H-pyrrole nitrogens is 1. The number of amides is 1. The maximum atomic E-state index is 12.3. The molecule has 1 aliphatic heterocycles. The smallest absolute Gasteiger partial charge is 0.274 e. The standard InChI is InChI=1S/C14H18N6O2/c21-13-2-1-12(16-17-13)14(22)20-9-7-18(8-10-20)5-6-19-4-3-15-11-19/h1-4,11H,5-10H2,(H,17,21). The molecule has 2 aromatic rings. The van der Waals surface area contributed by atoms with Gasteiger partial charge in [0.05, 0.1) is 6.33 Å². The predicted molar refractivity (Wildman–Crippen MR) is 79.4 cm³/mol. The quantitative estimate of drug-likeness (QED) is 0.817. The molecule has 0 radical (unpaired) electrons. The molecular weight excluding hydrogens is 284 g/mol. The van der Waals surface area contributed by atoms with Crippen molar-refractivity contribution in [3.63, 3.8) is 0 Å². The summed E-state index contributed by atoms with van der Waals surface area (Å²) in [5, 5.41) is 6.08. The molecule has 3 rings (SSSR count). The minimum absolute atomic E-state index is 0.134. The first kappa shape index (κ1) is 14.5. The molecule has 0 spiro atoms. The summed E-state index contributed by atoms with van der Waals surface area (Å²) in [6.45, 7) is 4.85. The molecule has 1 fully saturated rings. The Morgan fingerprint density at radius 1 is 1.18 bits per heavy atom. The van der Waals surface area contributed by atoms with Crippen LogP contribution in [-0.4, -0.2) is 68.2 Å². The Hall–Kier alpha value is -2.48. The fraction of sp³-hybridized carbons (Fsp3) is 0.429. The van der Waals surface area contributed by atoms with Crippen molar-refractivity contribution in [2.75, 3.05) is 32.7 Å². The molecule has 0 aromatic carbocycles. The van der Waals surface area contributed by atoms with Gasteiger partial charge in [-0.3, -0.25) is 14.5 Å². The number of aromatic amines is 1. The number of carbonyl (C=O) groups is 1. The van der Waals surface area contributed by atoms with Crippen LogP contribution < -0.4 is 5.56 Å². The van der Waals surface area contributed by atoms with Gasteiger partial charge in [-0.15, -0.1) is 0 Å². The second-order valence-corrected chi connectivity index (χ2v) is 5.24. The van der Waals surface area contributed by atoms with Crippen LogP contribution in [0.1, 0.15) is 10.5 Å². The number of nitrogens with zero attached hydrogens (tertiary/aromatic N) is 5. The number of hydrogen-bond acceptors (Lipinski definition) is 5. The van der Waals surface area contributed by atoms with Gasteiger partial charge in [0.25, 0.3) is 11.5 Å².